The lowest BCUT2D eigenvalue weighted by Crippen LogP contribution is -2.28. The van der Waals surface area contributed by atoms with Crippen LogP contribution in [0.15, 0.2) is 41.6 Å². The molecule has 3 rings (SSSR count). The van der Waals surface area contributed by atoms with Gasteiger partial charge in [0.2, 0.25) is 0 Å². The summed E-state index contributed by atoms with van der Waals surface area (Å²) in [6.07, 6.45) is 5.15. The molecule has 1 aliphatic heterocycles. The molecule has 2 amide bonds. The maximum atomic E-state index is 12.4. The monoisotopic (exact) mass is 396 g/mol. The molecule has 0 aliphatic carbocycles. The Balaban J connectivity index is 1.53. The van der Waals surface area contributed by atoms with E-state index < -0.39 is 17.6 Å². The summed E-state index contributed by atoms with van der Waals surface area (Å²) in [5, 5.41) is 8.97. The molecule has 1 saturated heterocycles. The van der Waals surface area contributed by atoms with Crippen LogP contribution in [0.2, 0.25) is 0 Å². The highest BCUT2D eigenvalue weighted by Crippen LogP contribution is 2.27. The Kier molecular flexibility index (Phi) is 6.40. The second kappa shape index (κ2) is 8.96. The minimum absolute atomic E-state index is 0.107. The number of ether oxygens (including phenoxy) is 1. The van der Waals surface area contributed by atoms with Gasteiger partial charge in [0.15, 0.2) is 0 Å². The lowest BCUT2D eigenvalue weighted by Gasteiger charge is -2.08. The second-order valence-corrected chi connectivity index (χ2v) is 6.96. The summed E-state index contributed by atoms with van der Waals surface area (Å²) in [5.41, 5.74) is 0.644. The van der Waals surface area contributed by atoms with Gasteiger partial charge in [0.05, 0.1) is 24.5 Å². The zero-order valence-electron chi connectivity index (χ0n) is 14.2. The first kappa shape index (κ1) is 19.3. The zero-order valence-corrected chi connectivity index (χ0v) is 15.0. The first-order valence-corrected chi connectivity index (χ1v) is 9.19. The van der Waals surface area contributed by atoms with Gasteiger partial charge >= 0.3 is 11.8 Å². The number of carbonyl (C=O) groups is 2. The lowest BCUT2D eigenvalue weighted by molar-refractivity contribution is -0.133. The standard InChI is InChI=1S/C17H18F2N4O3S/c18-17(19)27-14-5-1-3-11(7-14)21-15(24)16(25)22-12-8-20-23(9-12)10-13-4-2-6-26-13/h1,3,5,7-9,13,17H,2,4,6,10H2,(H,21,24)(H,22,25). The molecule has 0 bridgehead atoms. The molecule has 1 aromatic heterocycles. The van der Waals surface area contributed by atoms with Crippen molar-refractivity contribution in [2.45, 2.75) is 36.1 Å². The predicted molar refractivity (Wildman–Crippen MR) is 96.8 cm³/mol. The summed E-state index contributed by atoms with van der Waals surface area (Å²) in [5.74, 6) is -4.34. The second-order valence-electron chi connectivity index (χ2n) is 5.90. The topological polar surface area (TPSA) is 85.3 Å². The molecule has 2 N–H and O–H groups in total. The molecule has 7 nitrogen and oxygen atoms in total. The molecule has 1 aliphatic rings. The van der Waals surface area contributed by atoms with Crippen molar-refractivity contribution >= 4 is 35.0 Å². The number of benzene rings is 1. The Morgan fingerprint density at radius 3 is 2.78 bits per heavy atom. The lowest BCUT2D eigenvalue weighted by atomic mass is 10.2. The van der Waals surface area contributed by atoms with Crippen LogP contribution in [-0.2, 0) is 20.9 Å². The van der Waals surface area contributed by atoms with E-state index in [1.54, 1.807) is 10.9 Å². The molecule has 0 saturated carbocycles. The fraction of sp³-hybridized carbons (Fsp3) is 0.353. The average Bonchev–Trinajstić information content (AvgIpc) is 3.27. The van der Waals surface area contributed by atoms with Crippen molar-refractivity contribution in [3.8, 4) is 0 Å². The number of nitrogens with zero attached hydrogens (tertiary/aromatic N) is 2. The van der Waals surface area contributed by atoms with E-state index in [0.717, 1.165) is 19.4 Å². The average molecular weight is 396 g/mol. The highest BCUT2D eigenvalue weighted by molar-refractivity contribution is 7.99. The molecule has 1 fully saturated rings. The maximum absolute atomic E-state index is 12.4. The SMILES string of the molecule is O=C(Nc1cccc(SC(F)F)c1)C(=O)Nc1cnn(CC2CCCO2)c1. The fourth-order valence-electron chi connectivity index (χ4n) is 2.65. The normalized spacial score (nSPS) is 16.5. The molecular formula is C17H18F2N4O3S. The van der Waals surface area contributed by atoms with Gasteiger partial charge in [-0.1, -0.05) is 17.8 Å². The van der Waals surface area contributed by atoms with Crippen molar-refractivity contribution in [1.29, 1.82) is 0 Å². The summed E-state index contributed by atoms with van der Waals surface area (Å²) < 4.78 is 32.0. The van der Waals surface area contributed by atoms with Crippen molar-refractivity contribution in [2.75, 3.05) is 17.2 Å². The van der Waals surface area contributed by atoms with Crippen LogP contribution in [0.1, 0.15) is 12.8 Å². The Hall–Kier alpha value is -2.46. The number of nitrogens with one attached hydrogen (secondary N) is 2. The predicted octanol–water partition coefficient (Wildman–Crippen LogP) is 2.95. The van der Waals surface area contributed by atoms with E-state index in [4.69, 9.17) is 4.74 Å². The Labute approximate surface area is 158 Å². The minimum Gasteiger partial charge on any atom is -0.376 e. The number of hydrogen-bond acceptors (Lipinski definition) is 5. The molecule has 0 spiro atoms. The number of anilines is 2. The van der Waals surface area contributed by atoms with Crippen LogP contribution in [-0.4, -0.2) is 40.1 Å². The van der Waals surface area contributed by atoms with E-state index in [-0.39, 0.29) is 11.8 Å². The number of thioether (sulfide) groups is 1. The highest BCUT2D eigenvalue weighted by atomic mass is 32.2. The van der Waals surface area contributed by atoms with Crippen molar-refractivity contribution in [2.24, 2.45) is 0 Å². The van der Waals surface area contributed by atoms with E-state index in [2.05, 4.69) is 15.7 Å². The molecule has 1 unspecified atom stereocenters. The molecule has 144 valence electrons. The van der Waals surface area contributed by atoms with Crippen LogP contribution >= 0.6 is 11.8 Å². The van der Waals surface area contributed by atoms with Gasteiger partial charge in [-0.05, 0) is 31.0 Å². The first-order chi connectivity index (χ1) is 13.0. The number of alkyl halides is 2. The van der Waals surface area contributed by atoms with Crippen LogP contribution in [0.25, 0.3) is 0 Å². The third-order valence-electron chi connectivity index (χ3n) is 3.83. The Morgan fingerprint density at radius 2 is 2.07 bits per heavy atom. The molecule has 27 heavy (non-hydrogen) atoms. The van der Waals surface area contributed by atoms with Crippen LogP contribution in [0.5, 0.6) is 0 Å². The van der Waals surface area contributed by atoms with Crippen LogP contribution in [0.3, 0.4) is 0 Å². The van der Waals surface area contributed by atoms with Gasteiger partial charge in [-0.15, -0.1) is 0 Å². The Morgan fingerprint density at radius 1 is 1.30 bits per heavy atom. The van der Waals surface area contributed by atoms with Gasteiger partial charge in [-0.25, -0.2) is 0 Å². The number of aromatic nitrogens is 2. The van der Waals surface area contributed by atoms with Crippen molar-refractivity contribution in [3.05, 3.63) is 36.7 Å². The summed E-state index contributed by atoms with van der Waals surface area (Å²) in [7, 11) is 0. The number of rotatable bonds is 6. The molecule has 10 heteroatoms. The summed E-state index contributed by atoms with van der Waals surface area (Å²) >= 11 is 0.360. The largest absolute Gasteiger partial charge is 0.376 e. The zero-order chi connectivity index (χ0) is 19.2. The summed E-state index contributed by atoms with van der Waals surface area (Å²) in [6.45, 7) is 1.32. The molecule has 2 heterocycles. The van der Waals surface area contributed by atoms with E-state index in [9.17, 15) is 18.4 Å². The smallest absolute Gasteiger partial charge is 0.314 e. The van der Waals surface area contributed by atoms with E-state index in [1.165, 1.54) is 30.5 Å². The molecule has 0 radical (unpaired) electrons. The van der Waals surface area contributed by atoms with Crippen LogP contribution < -0.4 is 10.6 Å². The third kappa shape index (κ3) is 5.76. The van der Waals surface area contributed by atoms with Gasteiger partial charge in [-0.3, -0.25) is 14.3 Å². The summed E-state index contributed by atoms with van der Waals surface area (Å²) in [4.78, 5) is 24.3. The van der Waals surface area contributed by atoms with Gasteiger partial charge in [0.1, 0.15) is 0 Å². The van der Waals surface area contributed by atoms with E-state index >= 15 is 0 Å². The number of halogens is 2. The van der Waals surface area contributed by atoms with Crippen LogP contribution in [0.4, 0.5) is 20.2 Å². The van der Waals surface area contributed by atoms with Gasteiger partial charge < -0.3 is 15.4 Å². The quantitative estimate of drug-likeness (QED) is 0.579. The van der Waals surface area contributed by atoms with E-state index in [1.807, 2.05) is 0 Å². The summed E-state index contributed by atoms with van der Waals surface area (Å²) in [6, 6.07) is 5.91. The molecule has 1 aromatic carbocycles. The van der Waals surface area contributed by atoms with Crippen molar-refractivity contribution in [1.82, 2.24) is 9.78 Å². The fourth-order valence-corrected chi connectivity index (χ4v) is 3.21. The van der Waals surface area contributed by atoms with Gasteiger partial charge in [0.25, 0.3) is 5.76 Å². The van der Waals surface area contributed by atoms with Crippen molar-refractivity contribution < 1.29 is 23.1 Å². The first-order valence-electron chi connectivity index (χ1n) is 8.31. The minimum atomic E-state index is -2.56. The van der Waals surface area contributed by atoms with Gasteiger partial charge in [0, 0.05) is 23.4 Å². The van der Waals surface area contributed by atoms with Gasteiger partial charge in [-0.2, -0.15) is 13.9 Å². The Bertz CT molecular complexity index is 809. The molecule has 1 atom stereocenters. The number of carbonyl (C=O) groups excluding carboxylic acids is 2. The van der Waals surface area contributed by atoms with Crippen LogP contribution in [0, 0.1) is 0 Å². The highest BCUT2D eigenvalue weighted by Gasteiger charge is 2.18. The van der Waals surface area contributed by atoms with Crippen molar-refractivity contribution in [3.63, 3.8) is 0 Å². The maximum Gasteiger partial charge on any atom is 0.314 e. The number of amides is 2. The number of hydrogen-bond donors (Lipinski definition) is 2. The molecular weight excluding hydrogens is 378 g/mol. The third-order valence-corrected chi connectivity index (χ3v) is 4.53. The van der Waals surface area contributed by atoms with E-state index in [0.29, 0.717) is 28.9 Å². The molecule has 2 aromatic rings.